The van der Waals surface area contributed by atoms with Crippen LogP contribution in [0.15, 0.2) is 49.7 Å². The molecular formula is C18H16O6. The van der Waals surface area contributed by atoms with Crippen LogP contribution in [0.1, 0.15) is 19.4 Å². The Bertz CT molecular complexity index is 989. The largest absolute Gasteiger partial charge is 0.507 e. The Labute approximate surface area is 136 Å². The summed E-state index contributed by atoms with van der Waals surface area (Å²) in [6.07, 6.45) is 3.53. The second kappa shape index (κ2) is 5.81. The molecule has 0 radical (unpaired) electrons. The van der Waals surface area contributed by atoms with E-state index in [9.17, 15) is 20.1 Å². The average Bonchev–Trinajstić information content (AvgIpc) is 3.03. The van der Waals surface area contributed by atoms with Crippen molar-refractivity contribution < 1.29 is 24.2 Å². The first-order valence-corrected chi connectivity index (χ1v) is 7.31. The highest BCUT2D eigenvalue weighted by Crippen LogP contribution is 2.38. The highest BCUT2D eigenvalue weighted by molar-refractivity contribution is 5.90. The molecule has 0 atom stereocenters. The van der Waals surface area contributed by atoms with E-state index in [1.54, 1.807) is 6.07 Å². The second-order valence-corrected chi connectivity index (χ2v) is 5.67. The van der Waals surface area contributed by atoms with Gasteiger partial charge in [0.1, 0.15) is 22.5 Å². The lowest BCUT2D eigenvalue weighted by molar-refractivity contribution is 0.429. The average molecular weight is 328 g/mol. The minimum absolute atomic E-state index is 0.0131. The van der Waals surface area contributed by atoms with Crippen LogP contribution in [-0.2, 0) is 6.42 Å². The molecule has 0 amide bonds. The molecule has 0 saturated carbocycles. The summed E-state index contributed by atoms with van der Waals surface area (Å²) in [6, 6.07) is 4.19. The molecule has 0 unspecified atom stereocenters. The highest BCUT2D eigenvalue weighted by Gasteiger charge is 2.23. The van der Waals surface area contributed by atoms with Gasteiger partial charge in [0.15, 0.2) is 5.76 Å². The van der Waals surface area contributed by atoms with Crippen LogP contribution in [0.4, 0.5) is 0 Å². The minimum atomic E-state index is -0.793. The van der Waals surface area contributed by atoms with Crippen LogP contribution in [0, 0.1) is 0 Å². The fourth-order valence-corrected chi connectivity index (χ4v) is 2.45. The number of furan rings is 1. The molecule has 0 aliphatic heterocycles. The Morgan fingerprint density at radius 2 is 1.96 bits per heavy atom. The zero-order valence-corrected chi connectivity index (χ0v) is 13.2. The zero-order valence-electron chi connectivity index (χ0n) is 13.2. The molecule has 3 N–H and O–H groups in total. The fraction of sp³-hybridized carbons (Fsp3) is 0.167. The van der Waals surface area contributed by atoms with Gasteiger partial charge in [0, 0.05) is 11.6 Å². The molecule has 0 fully saturated rings. The van der Waals surface area contributed by atoms with Crippen molar-refractivity contribution >= 4 is 11.0 Å². The second-order valence-electron chi connectivity index (χ2n) is 5.67. The van der Waals surface area contributed by atoms with Crippen molar-refractivity contribution in [3.63, 3.8) is 0 Å². The van der Waals surface area contributed by atoms with Gasteiger partial charge < -0.3 is 24.2 Å². The summed E-state index contributed by atoms with van der Waals surface area (Å²) in [4.78, 5) is 12.5. The van der Waals surface area contributed by atoms with Gasteiger partial charge in [0.2, 0.25) is 16.9 Å². The normalized spacial score (nSPS) is 10.9. The lowest BCUT2D eigenvalue weighted by atomic mass is 10.0. The van der Waals surface area contributed by atoms with E-state index in [4.69, 9.17) is 8.83 Å². The molecule has 3 rings (SSSR count). The summed E-state index contributed by atoms with van der Waals surface area (Å²) in [5.74, 6) is -1.30. The number of benzene rings is 1. The summed E-state index contributed by atoms with van der Waals surface area (Å²) in [5.41, 5.74) is 0.578. The van der Waals surface area contributed by atoms with Gasteiger partial charge >= 0.3 is 0 Å². The van der Waals surface area contributed by atoms with Gasteiger partial charge in [0.25, 0.3) is 0 Å². The maximum absolute atomic E-state index is 12.5. The fourth-order valence-electron chi connectivity index (χ4n) is 2.45. The number of fused-ring (bicyclic) bond motifs is 1. The standard InChI is InChI=1S/C18H16O6/c1-9(2)5-6-10-11(19)8-12(20)14-15(21)16(22)18(24-17(10)14)13-4-3-7-23-13/h3-5,7-8,19-20,22H,6H2,1-2H3. The molecule has 124 valence electrons. The lowest BCUT2D eigenvalue weighted by Crippen LogP contribution is -2.04. The lowest BCUT2D eigenvalue weighted by Gasteiger charge is -2.10. The van der Waals surface area contributed by atoms with E-state index >= 15 is 0 Å². The van der Waals surface area contributed by atoms with E-state index < -0.39 is 16.9 Å². The SMILES string of the molecule is CC(C)=CCc1c(O)cc(O)c2c(=O)c(O)c(-c3ccco3)oc12. The Morgan fingerprint density at radius 1 is 1.21 bits per heavy atom. The Hall–Kier alpha value is -3.15. The van der Waals surface area contributed by atoms with Gasteiger partial charge in [-0.25, -0.2) is 0 Å². The maximum Gasteiger partial charge on any atom is 0.238 e. The van der Waals surface area contributed by atoms with Gasteiger partial charge in [-0.1, -0.05) is 11.6 Å². The number of rotatable bonds is 3. The third-order valence-corrected chi connectivity index (χ3v) is 3.66. The predicted octanol–water partition coefficient (Wildman–Crippen LogP) is 3.68. The number of allylic oxidation sites excluding steroid dienone is 2. The molecule has 1 aromatic carbocycles. The van der Waals surface area contributed by atoms with E-state index in [0.29, 0.717) is 12.0 Å². The molecule has 6 heteroatoms. The van der Waals surface area contributed by atoms with E-state index in [-0.39, 0.29) is 28.2 Å². The Balaban J connectivity index is 2.40. The number of phenolic OH excluding ortho intramolecular Hbond substituents is 2. The molecule has 24 heavy (non-hydrogen) atoms. The van der Waals surface area contributed by atoms with Gasteiger partial charge in [0.05, 0.1) is 6.26 Å². The van der Waals surface area contributed by atoms with Crippen molar-refractivity contribution in [1.29, 1.82) is 0 Å². The van der Waals surface area contributed by atoms with Crippen molar-refractivity contribution in [2.75, 3.05) is 0 Å². The number of hydrogen-bond donors (Lipinski definition) is 3. The quantitative estimate of drug-likeness (QED) is 0.634. The summed E-state index contributed by atoms with van der Waals surface area (Å²) < 4.78 is 10.8. The van der Waals surface area contributed by atoms with Gasteiger partial charge in [-0.15, -0.1) is 0 Å². The highest BCUT2D eigenvalue weighted by atomic mass is 16.4. The van der Waals surface area contributed by atoms with E-state index in [1.807, 2.05) is 19.9 Å². The van der Waals surface area contributed by atoms with Gasteiger partial charge in [-0.3, -0.25) is 4.79 Å². The number of aromatic hydroxyl groups is 3. The molecule has 0 spiro atoms. The van der Waals surface area contributed by atoms with Crippen molar-refractivity contribution in [1.82, 2.24) is 0 Å². The first kappa shape index (κ1) is 15.7. The van der Waals surface area contributed by atoms with Crippen LogP contribution in [0.3, 0.4) is 0 Å². The molecule has 0 aliphatic carbocycles. The smallest absolute Gasteiger partial charge is 0.238 e. The van der Waals surface area contributed by atoms with E-state index in [1.165, 1.54) is 12.3 Å². The van der Waals surface area contributed by atoms with Crippen LogP contribution in [-0.4, -0.2) is 15.3 Å². The first-order valence-electron chi connectivity index (χ1n) is 7.31. The summed E-state index contributed by atoms with van der Waals surface area (Å²) >= 11 is 0. The first-order chi connectivity index (χ1) is 11.4. The molecule has 3 aromatic rings. The van der Waals surface area contributed by atoms with Crippen LogP contribution in [0.2, 0.25) is 0 Å². The summed E-state index contributed by atoms with van der Waals surface area (Å²) in [7, 11) is 0. The van der Waals surface area contributed by atoms with Crippen LogP contribution in [0.5, 0.6) is 17.2 Å². The molecule has 2 heterocycles. The Kier molecular flexibility index (Phi) is 3.81. The zero-order chi connectivity index (χ0) is 17.4. The molecule has 2 aromatic heterocycles. The van der Waals surface area contributed by atoms with Crippen LogP contribution in [0.25, 0.3) is 22.5 Å². The van der Waals surface area contributed by atoms with E-state index in [2.05, 4.69) is 0 Å². The van der Waals surface area contributed by atoms with Crippen LogP contribution < -0.4 is 5.43 Å². The third kappa shape index (κ3) is 2.52. The molecule has 0 bridgehead atoms. The number of hydrogen-bond acceptors (Lipinski definition) is 6. The van der Waals surface area contributed by atoms with Crippen molar-refractivity contribution in [3.8, 4) is 28.8 Å². The molecule has 0 saturated heterocycles. The summed E-state index contributed by atoms with van der Waals surface area (Å²) in [5, 5.41) is 30.1. The minimum Gasteiger partial charge on any atom is -0.507 e. The molecule has 0 aliphatic rings. The predicted molar refractivity (Wildman–Crippen MR) is 88.3 cm³/mol. The van der Waals surface area contributed by atoms with Crippen molar-refractivity contribution in [2.45, 2.75) is 20.3 Å². The number of phenols is 2. The third-order valence-electron chi connectivity index (χ3n) is 3.66. The van der Waals surface area contributed by atoms with Gasteiger partial charge in [-0.05, 0) is 32.4 Å². The topological polar surface area (TPSA) is 104 Å². The monoisotopic (exact) mass is 328 g/mol. The molecule has 6 nitrogen and oxygen atoms in total. The van der Waals surface area contributed by atoms with E-state index in [0.717, 1.165) is 11.6 Å². The Morgan fingerprint density at radius 3 is 2.58 bits per heavy atom. The maximum atomic E-state index is 12.5. The van der Waals surface area contributed by atoms with Crippen molar-refractivity contribution in [3.05, 3.63) is 51.9 Å². The van der Waals surface area contributed by atoms with Crippen molar-refractivity contribution in [2.24, 2.45) is 0 Å². The van der Waals surface area contributed by atoms with Gasteiger partial charge in [-0.2, -0.15) is 0 Å². The molecular weight excluding hydrogens is 312 g/mol. The summed E-state index contributed by atoms with van der Waals surface area (Å²) in [6.45, 7) is 3.80. The van der Waals surface area contributed by atoms with Crippen LogP contribution >= 0.6 is 0 Å².